The number of methoxy groups -OCH3 is 1. The lowest BCUT2D eigenvalue weighted by atomic mass is 10.2. The maximum absolute atomic E-state index is 13.0. The molecule has 4 heteroatoms. The van der Waals surface area contributed by atoms with E-state index in [4.69, 9.17) is 0 Å². The summed E-state index contributed by atoms with van der Waals surface area (Å²) < 4.78 is 17.2. The molecule has 0 bridgehead atoms. The molecule has 3 nitrogen and oxygen atoms in total. The summed E-state index contributed by atoms with van der Waals surface area (Å²) in [6, 6.07) is 5.93. The van der Waals surface area contributed by atoms with E-state index in [2.05, 4.69) is 4.74 Å². The van der Waals surface area contributed by atoms with Crippen LogP contribution in [-0.2, 0) is 14.3 Å². The standard InChI is InChI=1S/C11H9FO3/c1-15-11(14)10(13)7-6-8-4-2-3-5-9(8)12/h2-7H,1H3/b7-6+. The third kappa shape index (κ3) is 3.02. The Bertz CT molecular complexity index is 410. The maximum Gasteiger partial charge on any atom is 0.378 e. The van der Waals surface area contributed by atoms with Crippen LogP contribution in [0.5, 0.6) is 0 Å². The van der Waals surface area contributed by atoms with E-state index in [1.165, 1.54) is 24.3 Å². The number of carbonyl (C=O) groups is 2. The van der Waals surface area contributed by atoms with Gasteiger partial charge in [-0.15, -0.1) is 0 Å². The quantitative estimate of drug-likeness (QED) is 0.430. The molecule has 0 unspecified atom stereocenters. The normalized spacial score (nSPS) is 10.3. The molecule has 0 atom stereocenters. The van der Waals surface area contributed by atoms with Crippen molar-refractivity contribution in [2.75, 3.05) is 7.11 Å². The number of hydrogen-bond donors (Lipinski definition) is 0. The summed E-state index contributed by atoms with van der Waals surface area (Å²) in [5.41, 5.74) is 0.245. The van der Waals surface area contributed by atoms with Gasteiger partial charge >= 0.3 is 5.97 Å². The Labute approximate surface area is 86.2 Å². The van der Waals surface area contributed by atoms with Crippen molar-refractivity contribution in [1.82, 2.24) is 0 Å². The third-order valence-corrected chi connectivity index (χ3v) is 1.71. The molecule has 0 saturated heterocycles. The van der Waals surface area contributed by atoms with Crippen LogP contribution in [0.25, 0.3) is 6.08 Å². The first-order valence-corrected chi connectivity index (χ1v) is 4.20. The smallest absolute Gasteiger partial charge is 0.378 e. The summed E-state index contributed by atoms with van der Waals surface area (Å²) in [5.74, 6) is -2.24. The predicted octanol–water partition coefficient (Wildman–Crippen LogP) is 1.58. The molecule has 0 N–H and O–H groups in total. The van der Waals surface area contributed by atoms with Crippen LogP contribution in [0, 0.1) is 5.82 Å². The van der Waals surface area contributed by atoms with Crippen molar-refractivity contribution >= 4 is 17.8 Å². The van der Waals surface area contributed by atoms with E-state index in [0.29, 0.717) is 0 Å². The highest BCUT2D eigenvalue weighted by Gasteiger charge is 2.09. The molecule has 0 fully saturated rings. The van der Waals surface area contributed by atoms with Crippen molar-refractivity contribution in [3.05, 3.63) is 41.7 Å². The number of ether oxygens (including phenoxy) is 1. The van der Waals surface area contributed by atoms with Gasteiger partial charge in [0.25, 0.3) is 5.78 Å². The summed E-state index contributed by atoms with van der Waals surface area (Å²) in [5, 5.41) is 0. The highest BCUT2D eigenvalue weighted by Crippen LogP contribution is 2.07. The van der Waals surface area contributed by atoms with Gasteiger partial charge in [-0.1, -0.05) is 18.2 Å². The zero-order valence-corrected chi connectivity index (χ0v) is 8.07. The van der Waals surface area contributed by atoms with Crippen molar-refractivity contribution in [3.8, 4) is 0 Å². The number of carbonyl (C=O) groups excluding carboxylic acids is 2. The number of hydrogen-bond acceptors (Lipinski definition) is 3. The Morgan fingerprint density at radius 1 is 1.33 bits per heavy atom. The molecular formula is C11H9FO3. The van der Waals surface area contributed by atoms with Crippen LogP contribution in [0.1, 0.15) is 5.56 Å². The lowest BCUT2D eigenvalue weighted by Gasteiger charge is -1.94. The zero-order chi connectivity index (χ0) is 11.3. The summed E-state index contributed by atoms with van der Waals surface area (Å²) in [4.78, 5) is 21.7. The Balaban J connectivity index is 2.78. The van der Waals surface area contributed by atoms with Gasteiger partial charge in [0.05, 0.1) is 7.11 Å². The Hall–Kier alpha value is -1.97. The van der Waals surface area contributed by atoms with E-state index in [9.17, 15) is 14.0 Å². The SMILES string of the molecule is COC(=O)C(=O)/C=C/c1ccccc1F. The van der Waals surface area contributed by atoms with E-state index >= 15 is 0 Å². The van der Waals surface area contributed by atoms with Gasteiger partial charge in [-0.3, -0.25) is 4.79 Å². The molecule has 1 aromatic carbocycles. The van der Waals surface area contributed by atoms with Crippen LogP contribution in [0.4, 0.5) is 4.39 Å². The summed E-state index contributed by atoms with van der Waals surface area (Å²) in [6.45, 7) is 0. The molecule has 0 heterocycles. The molecule has 0 saturated carbocycles. The van der Waals surface area contributed by atoms with Crippen LogP contribution in [0.3, 0.4) is 0 Å². The molecule has 0 aliphatic carbocycles. The first-order chi connectivity index (χ1) is 7.15. The van der Waals surface area contributed by atoms with Crippen molar-refractivity contribution in [1.29, 1.82) is 0 Å². The predicted molar refractivity (Wildman–Crippen MR) is 52.5 cm³/mol. The molecule has 1 aromatic rings. The minimum absolute atomic E-state index is 0.245. The molecule has 0 amide bonds. The van der Waals surface area contributed by atoms with E-state index in [0.717, 1.165) is 13.2 Å². The second-order valence-electron chi connectivity index (χ2n) is 2.71. The van der Waals surface area contributed by atoms with Gasteiger partial charge in [-0.25, -0.2) is 9.18 Å². The minimum Gasteiger partial charge on any atom is -0.463 e. The Morgan fingerprint density at radius 2 is 2.00 bits per heavy atom. The molecule has 0 aliphatic heterocycles. The highest BCUT2D eigenvalue weighted by molar-refractivity contribution is 6.39. The van der Waals surface area contributed by atoms with E-state index in [-0.39, 0.29) is 5.56 Å². The summed E-state index contributed by atoms with van der Waals surface area (Å²) in [7, 11) is 1.11. The molecule has 0 aliphatic rings. The number of rotatable bonds is 3. The van der Waals surface area contributed by atoms with Crippen molar-refractivity contribution < 1.29 is 18.7 Å². The lowest BCUT2D eigenvalue weighted by molar-refractivity contribution is -0.149. The average Bonchev–Trinajstić information content (AvgIpc) is 2.26. The molecule has 1 rings (SSSR count). The fraction of sp³-hybridized carbons (Fsp3) is 0.0909. The zero-order valence-electron chi connectivity index (χ0n) is 8.07. The van der Waals surface area contributed by atoms with Gasteiger partial charge < -0.3 is 4.74 Å². The molecule has 0 spiro atoms. The van der Waals surface area contributed by atoms with Crippen molar-refractivity contribution in [3.63, 3.8) is 0 Å². The summed E-state index contributed by atoms with van der Waals surface area (Å²) >= 11 is 0. The van der Waals surface area contributed by atoms with Crippen molar-refractivity contribution in [2.45, 2.75) is 0 Å². The molecule has 0 radical (unpaired) electrons. The van der Waals surface area contributed by atoms with Gasteiger partial charge in [-0.05, 0) is 18.2 Å². The summed E-state index contributed by atoms with van der Waals surface area (Å²) in [6.07, 6.45) is 2.21. The average molecular weight is 208 g/mol. The second kappa shape index (κ2) is 5.05. The Kier molecular flexibility index (Phi) is 3.74. The second-order valence-corrected chi connectivity index (χ2v) is 2.71. The van der Waals surface area contributed by atoms with Crippen LogP contribution in [0.15, 0.2) is 30.3 Å². The monoisotopic (exact) mass is 208 g/mol. The Morgan fingerprint density at radius 3 is 2.60 bits per heavy atom. The van der Waals surface area contributed by atoms with Gasteiger partial charge in [-0.2, -0.15) is 0 Å². The van der Waals surface area contributed by atoms with Crippen LogP contribution >= 0.6 is 0 Å². The fourth-order valence-corrected chi connectivity index (χ4v) is 0.944. The molecule has 0 aromatic heterocycles. The van der Waals surface area contributed by atoms with Gasteiger partial charge in [0, 0.05) is 5.56 Å². The van der Waals surface area contributed by atoms with Gasteiger partial charge in [0.2, 0.25) is 0 Å². The molecule has 15 heavy (non-hydrogen) atoms. The number of ketones is 1. The van der Waals surface area contributed by atoms with Crippen LogP contribution in [0.2, 0.25) is 0 Å². The van der Waals surface area contributed by atoms with Crippen LogP contribution in [-0.4, -0.2) is 18.9 Å². The van der Waals surface area contributed by atoms with E-state index in [1.807, 2.05) is 0 Å². The van der Waals surface area contributed by atoms with Crippen LogP contribution < -0.4 is 0 Å². The maximum atomic E-state index is 13.0. The highest BCUT2D eigenvalue weighted by atomic mass is 19.1. The van der Waals surface area contributed by atoms with Gasteiger partial charge in [0.1, 0.15) is 5.82 Å². The molecular weight excluding hydrogens is 199 g/mol. The van der Waals surface area contributed by atoms with E-state index in [1.54, 1.807) is 6.07 Å². The lowest BCUT2D eigenvalue weighted by Crippen LogP contribution is -2.12. The van der Waals surface area contributed by atoms with E-state index < -0.39 is 17.6 Å². The van der Waals surface area contributed by atoms with Crippen molar-refractivity contribution in [2.24, 2.45) is 0 Å². The first-order valence-electron chi connectivity index (χ1n) is 4.20. The number of esters is 1. The van der Waals surface area contributed by atoms with Gasteiger partial charge in [0.15, 0.2) is 0 Å². The minimum atomic E-state index is -0.970. The largest absolute Gasteiger partial charge is 0.463 e. The first kappa shape index (κ1) is 11.1. The fourth-order valence-electron chi connectivity index (χ4n) is 0.944. The number of halogens is 1. The topological polar surface area (TPSA) is 43.4 Å². The number of benzene rings is 1. The third-order valence-electron chi connectivity index (χ3n) is 1.71. The molecule has 78 valence electrons.